The largest absolute Gasteiger partial charge is 0.487 e. The van der Waals surface area contributed by atoms with Gasteiger partial charge in [0.1, 0.15) is 18.0 Å². The van der Waals surface area contributed by atoms with Crippen LogP contribution in [0.25, 0.3) is 27.7 Å². The zero-order chi connectivity index (χ0) is 24.6. The minimum Gasteiger partial charge on any atom is -0.487 e. The number of rotatable bonds is 6. The van der Waals surface area contributed by atoms with Crippen molar-refractivity contribution in [1.29, 1.82) is 0 Å². The maximum absolute atomic E-state index is 11.8. The highest BCUT2D eigenvalue weighted by atomic mass is 35.5. The van der Waals surface area contributed by atoms with Crippen LogP contribution in [-0.2, 0) is 16.6 Å². The van der Waals surface area contributed by atoms with E-state index in [-0.39, 0.29) is 0 Å². The summed E-state index contributed by atoms with van der Waals surface area (Å²) >= 11 is 12.6. The fourth-order valence-corrected chi connectivity index (χ4v) is 5.44. The summed E-state index contributed by atoms with van der Waals surface area (Å²) in [6.07, 6.45) is 5.59. The molecule has 0 amide bonds. The van der Waals surface area contributed by atoms with Crippen LogP contribution in [0.5, 0.6) is 5.75 Å². The van der Waals surface area contributed by atoms with Crippen LogP contribution in [0.2, 0.25) is 10.0 Å². The van der Waals surface area contributed by atoms with Crippen LogP contribution in [0.1, 0.15) is 17.7 Å². The molecule has 1 aliphatic rings. The highest BCUT2D eigenvalue weighted by Crippen LogP contribution is 2.35. The van der Waals surface area contributed by atoms with E-state index >= 15 is 0 Å². The molecule has 180 valence electrons. The maximum Gasteiger partial charge on any atom is 0.211 e. The Balaban J connectivity index is 1.40. The Bertz CT molecular complexity index is 1550. The number of H-pyrrole nitrogens is 1. The van der Waals surface area contributed by atoms with Gasteiger partial charge in [-0.1, -0.05) is 47.5 Å². The average Bonchev–Trinajstić information content (AvgIpc) is 3.27. The van der Waals surface area contributed by atoms with Crippen LogP contribution in [0.4, 0.5) is 0 Å². The SMILES string of the molecule is CS(=O)(=O)N1CC=C(c2cc3c(-c4ccc(OCc5cccc(Cl)c5)c(Cl)c4)ccnc3[nH]2)CC1. The standard InChI is InChI=1S/C26H23Cl2N3O3S/c1-35(32,33)31-11-8-18(9-12-31)24-15-22-21(7-10-29-26(22)30-24)19-5-6-25(23(28)14-19)34-16-17-3-2-4-20(27)13-17/h2-8,10,13-15H,9,11-12,16H2,1H3,(H,29,30). The zero-order valence-electron chi connectivity index (χ0n) is 19.0. The molecule has 2 aromatic carbocycles. The summed E-state index contributed by atoms with van der Waals surface area (Å²) in [4.78, 5) is 7.87. The Morgan fingerprint density at radius 2 is 1.97 bits per heavy atom. The van der Waals surface area contributed by atoms with Gasteiger partial charge in [-0.15, -0.1) is 0 Å². The van der Waals surface area contributed by atoms with Crippen molar-refractivity contribution in [1.82, 2.24) is 14.3 Å². The number of halogens is 2. The predicted octanol–water partition coefficient (Wildman–Crippen LogP) is 6.16. The van der Waals surface area contributed by atoms with Crippen molar-refractivity contribution < 1.29 is 13.2 Å². The van der Waals surface area contributed by atoms with Crippen molar-refractivity contribution in [2.75, 3.05) is 19.3 Å². The third-order valence-corrected chi connectivity index (χ3v) is 7.85. The molecule has 5 rings (SSSR count). The number of sulfonamides is 1. The van der Waals surface area contributed by atoms with Crippen molar-refractivity contribution in [3.05, 3.63) is 88.2 Å². The number of nitrogens with one attached hydrogen (secondary N) is 1. The van der Waals surface area contributed by atoms with Gasteiger partial charge in [0.2, 0.25) is 10.0 Å². The third kappa shape index (κ3) is 5.23. The summed E-state index contributed by atoms with van der Waals surface area (Å²) < 4.78 is 31.0. The summed E-state index contributed by atoms with van der Waals surface area (Å²) in [6.45, 7) is 1.20. The molecule has 6 nitrogen and oxygen atoms in total. The lowest BCUT2D eigenvalue weighted by Gasteiger charge is -2.23. The number of hydrogen-bond donors (Lipinski definition) is 1. The molecule has 0 saturated carbocycles. The lowest BCUT2D eigenvalue weighted by atomic mass is 10.0. The van der Waals surface area contributed by atoms with Gasteiger partial charge in [-0.05, 0) is 65.1 Å². The number of hydrogen-bond acceptors (Lipinski definition) is 4. The third-order valence-electron chi connectivity index (χ3n) is 6.04. The first-order chi connectivity index (χ1) is 16.8. The van der Waals surface area contributed by atoms with Crippen molar-refractivity contribution in [3.63, 3.8) is 0 Å². The van der Waals surface area contributed by atoms with Crippen LogP contribution in [0, 0.1) is 0 Å². The Kier molecular flexibility index (Phi) is 6.59. The highest BCUT2D eigenvalue weighted by Gasteiger charge is 2.21. The van der Waals surface area contributed by atoms with Crippen LogP contribution in [-0.4, -0.2) is 42.0 Å². The fourth-order valence-electron chi connectivity index (χ4n) is 4.22. The minimum absolute atomic E-state index is 0.367. The second kappa shape index (κ2) is 9.66. The molecule has 0 saturated heterocycles. The van der Waals surface area contributed by atoms with Crippen LogP contribution >= 0.6 is 23.2 Å². The van der Waals surface area contributed by atoms with E-state index in [0.29, 0.717) is 41.9 Å². The van der Waals surface area contributed by atoms with E-state index in [4.69, 9.17) is 27.9 Å². The molecule has 0 spiro atoms. The second-order valence-corrected chi connectivity index (χ2v) is 11.3. The molecule has 0 bridgehead atoms. The molecule has 0 atom stereocenters. The number of fused-ring (bicyclic) bond motifs is 1. The molecule has 0 aliphatic carbocycles. The summed E-state index contributed by atoms with van der Waals surface area (Å²) in [5, 5.41) is 2.15. The first kappa shape index (κ1) is 23.9. The fraction of sp³-hybridized carbons (Fsp3) is 0.192. The maximum atomic E-state index is 11.8. The smallest absolute Gasteiger partial charge is 0.211 e. The number of benzene rings is 2. The van der Waals surface area contributed by atoms with Gasteiger partial charge in [-0.2, -0.15) is 4.31 Å². The Hall–Kier alpha value is -2.84. The Morgan fingerprint density at radius 3 is 2.69 bits per heavy atom. The van der Waals surface area contributed by atoms with Crippen LogP contribution in [0.3, 0.4) is 0 Å². The van der Waals surface area contributed by atoms with Crippen molar-refractivity contribution in [2.24, 2.45) is 0 Å². The van der Waals surface area contributed by atoms with Crippen LogP contribution < -0.4 is 4.74 Å². The van der Waals surface area contributed by atoms with Gasteiger partial charge in [-0.3, -0.25) is 0 Å². The molecule has 35 heavy (non-hydrogen) atoms. The molecule has 3 heterocycles. The predicted molar refractivity (Wildman–Crippen MR) is 141 cm³/mol. The molecule has 0 fully saturated rings. The first-order valence-corrected chi connectivity index (χ1v) is 13.7. The molecule has 9 heteroatoms. The topological polar surface area (TPSA) is 75.3 Å². The number of aromatic nitrogens is 2. The van der Waals surface area contributed by atoms with E-state index in [2.05, 4.69) is 16.0 Å². The van der Waals surface area contributed by atoms with E-state index < -0.39 is 10.0 Å². The zero-order valence-corrected chi connectivity index (χ0v) is 21.3. The monoisotopic (exact) mass is 527 g/mol. The van der Waals surface area contributed by atoms with E-state index in [9.17, 15) is 8.42 Å². The summed E-state index contributed by atoms with van der Waals surface area (Å²) in [5.41, 5.74) is 5.70. The molecule has 2 aromatic heterocycles. The lowest BCUT2D eigenvalue weighted by molar-refractivity contribution is 0.306. The van der Waals surface area contributed by atoms with Gasteiger partial charge in [0.25, 0.3) is 0 Å². The van der Waals surface area contributed by atoms with Gasteiger partial charge in [0.05, 0.1) is 11.3 Å². The van der Waals surface area contributed by atoms with E-state index in [1.165, 1.54) is 10.6 Å². The van der Waals surface area contributed by atoms with Gasteiger partial charge in [0.15, 0.2) is 0 Å². The normalized spacial score (nSPS) is 14.8. The number of pyridine rings is 1. The molecular formula is C26H23Cl2N3O3S. The Labute approximate surface area is 214 Å². The molecule has 4 aromatic rings. The van der Waals surface area contributed by atoms with Crippen LogP contribution in [0.15, 0.2) is 66.9 Å². The highest BCUT2D eigenvalue weighted by molar-refractivity contribution is 7.88. The quantitative estimate of drug-likeness (QED) is 0.325. The molecule has 0 unspecified atom stereocenters. The van der Waals surface area contributed by atoms with Gasteiger partial charge < -0.3 is 9.72 Å². The van der Waals surface area contributed by atoms with Crippen molar-refractivity contribution in [2.45, 2.75) is 13.0 Å². The Morgan fingerprint density at radius 1 is 1.11 bits per heavy atom. The summed E-state index contributed by atoms with van der Waals surface area (Å²) in [7, 11) is -3.19. The molecule has 1 aliphatic heterocycles. The average molecular weight is 528 g/mol. The summed E-state index contributed by atoms with van der Waals surface area (Å²) in [5.74, 6) is 0.596. The number of aromatic amines is 1. The molecule has 1 N–H and O–H groups in total. The van der Waals surface area contributed by atoms with Gasteiger partial charge >= 0.3 is 0 Å². The molecule has 0 radical (unpaired) electrons. The van der Waals surface area contributed by atoms with Gasteiger partial charge in [-0.25, -0.2) is 13.4 Å². The van der Waals surface area contributed by atoms with Gasteiger partial charge in [0, 0.05) is 35.4 Å². The molecular weight excluding hydrogens is 505 g/mol. The lowest BCUT2D eigenvalue weighted by Crippen LogP contribution is -2.33. The first-order valence-electron chi connectivity index (χ1n) is 11.1. The van der Waals surface area contributed by atoms with Crippen molar-refractivity contribution >= 4 is 49.8 Å². The van der Waals surface area contributed by atoms with E-state index in [1.54, 1.807) is 6.20 Å². The number of nitrogens with zero attached hydrogens (tertiary/aromatic N) is 2. The van der Waals surface area contributed by atoms with E-state index in [1.807, 2.05) is 54.6 Å². The summed E-state index contributed by atoms with van der Waals surface area (Å²) in [6, 6.07) is 17.3. The van der Waals surface area contributed by atoms with E-state index in [0.717, 1.165) is 39.0 Å². The number of ether oxygens (including phenoxy) is 1. The second-order valence-electron chi connectivity index (χ2n) is 8.47. The minimum atomic E-state index is -3.19. The van der Waals surface area contributed by atoms with Crippen molar-refractivity contribution in [3.8, 4) is 16.9 Å².